The van der Waals surface area contributed by atoms with Gasteiger partial charge in [-0.3, -0.25) is 4.98 Å². The maximum atomic E-state index is 4.29. The molecule has 0 spiro atoms. The highest BCUT2D eigenvalue weighted by Crippen LogP contribution is 2.46. The number of nitrogens with zero attached hydrogens (tertiary/aromatic N) is 1. The van der Waals surface area contributed by atoms with E-state index in [-0.39, 0.29) is 0 Å². The van der Waals surface area contributed by atoms with Gasteiger partial charge in [-0.15, -0.1) is 0 Å². The van der Waals surface area contributed by atoms with Crippen LogP contribution in [0.4, 0.5) is 0 Å². The highest BCUT2D eigenvalue weighted by molar-refractivity contribution is 9.39. The van der Waals surface area contributed by atoms with Crippen molar-refractivity contribution in [2.24, 2.45) is 0 Å². The summed E-state index contributed by atoms with van der Waals surface area (Å²) in [6.07, 6.45) is 1.77. The van der Waals surface area contributed by atoms with E-state index in [0.29, 0.717) is 0 Å². The van der Waals surface area contributed by atoms with E-state index >= 15 is 0 Å². The Labute approximate surface area is 133 Å². The molecule has 0 amide bonds. The van der Waals surface area contributed by atoms with Crippen LogP contribution in [0.2, 0.25) is 0 Å². The monoisotopic (exact) mass is 575 g/mol. The molecule has 0 bridgehead atoms. The predicted octanol–water partition coefficient (Wildman–Crippen LogP) is 5.67. The summed E-state index contributed by atoms with van der Waals surface area (Å²) in [5.74, 6) is 0. The van der Waals surface area contributed by atoms with Crippen LogP contribution in [-0.2, 0) is 4.29 Å². The van der Waals surface area contributed by atoms with E-state index in [1.54, 1.807) is 6.20 Å². The second-order valence-corrected chi connectivity index (χ2v) is 15.9. The van der Waals surface area contributed by atoms with Crippen LogP contribution in [-0.4, -0.2) is 4.98 Å². The van der Waals surface area contributed by atoms with Crippen LogP contribution in [0.3, 0.4) is 0 Å². The predicted molar refractivity (Wildman–Crippen MR) is 81.2 cm³/mol. The van der Waals surface area contributed by atoms with Crippen molar-refractivity contribution < 1.29 is 0 Å². The zero-order valence-electron chi connectivity index (χ0n) is 6.45. The molecule has 7 heteroatoms. The smallest absolute Gasteiger partial charge is 0.176 e. The molecular weight excluding hydrogens is 578 g/mol. The van der Waals surface area contributed by atoms with Crippen molar-refractivity contribution in [2.75, 3.05) is 0 Å². The van der Waals surface area contributed by atoms with Gasteiger partial charge in [-0.1, -0.05) is 102 Å². The van der Waals surface area contributed by atoms with Gasteiger partial charge in [0.15, 0.2) is 4.29 Å². The molecule has 0 saturated heterocycles. The molecule has 1 aromatic heterocycles. The summed E-state index contributed by atoms with van der Waals surface area (Å²) in [5.41, 5.74) is 1.83. The van der Waals surface area contributed by atoms with E-state index < -0.39 is 4.29 Å². The van der Waals surface area contributed by atoms with Gasteiger partial charge in [0, 0.05) is 11.8 Å². The summed E-state index contributed by atoms with van der Waals surface area (Å²) in [6.45, 7) is 0. The van der Waals surface area contributed by atoms with E-state index in [1.807, 2.05) is 12.1 Å². The van der Waals surface area contributed by atoms with Crippen LogP contribution in [0, 0.1) is 0 Å². The van der Waals surface area contributed by atoms with Crippen molar-refractivity contribution in [3.8, 4) is 0 Å². The average Bonchev–Trinajstić information content (AvgIpc) is 2.01. The lowest BCUT2D eigenvalue weighted by Gasteiger charge is -2.15. The van der Waals surface area contributed by atoms with Crippen LogP contribution in [0.25, 0.3) is 0 Å². The fraction of sp³-hybridized carbons (Fsp3) is 0.286. The van der Waals surface area contributed by atoms with Crippen molar-refractivity contribution in [1.82, 2.24) is 4.98 Å². The van der Waals surface area contributed by atoms with Gasteiger partial charge in [0.25, 0.3) is 0 Å². The number of hydrogen-bond donors (Lipinski definition) is 0. The second-order valence-electron chi connectivity index (χ2n) is 2.43. The lowest BCUT2D eigenvalue weighted by molar-refractivity contribution is 1.12. The van der Waals surface area contributed by atoms with E-state index in [2.05, 4.69) is 101 Å². The summed E-state index contributed by atoms with van der Waals surface area (Å²) in [7, 11) is 0. The fourth-order valence-corrected chi connectivity index (χ4v) is 2.14. The zero-order chi connectivity index (χ0) is 11.0. The van der Waals surface area contributed by atoms with Gasteiger partial charge in [-0.05, 0) is 6.07 Å². The SMILES string of the molecule is BrC(Br)(Br)c1ccc(C(Br)(Br)Br)nc1. The molecule has 0 fully saturated rings. The molecular formula is C7H3Br6N. The molecule has 0 aliphatic rings. The molecule has 0 N–H and O–H groups in total. The van der Waals surface area contributed by atoms with E-state index in [9.17, 15) is 0 Å². The van der Waals surface area contributed by atoms with Crippen LogP contribution in [0.15, 0.2) is 18.3 Å². The Morgan fingerprint density at radius 1 is 0.857 bits per heavy atom. The molecule has 78 valence electrons. The normalized spacial score (nSPS) is 13.0. The second kappa shape index (κ2) is 5.12. The lowest BCUT2D eigenvalue weighted by Crippen LogP contribution is -2.04. The van der Waals surface area contributed by atoms with Crippen molar-refractivity contribution in [3.05, 3.63) is 29.6 Å². The van der Waals surface area contributed by atoms with E-state index in [0.717, 1.165) is 11.3 Å². The first-order valence-electron chi connectivity index (χ1n) is 3.32. The Hall–Kier alpha value is 2.03. The summed E-state index contributed by atoms with van der Waals surface area (Å²) >= 11 is 20.5. The van der Waals surface area contributed by atoms with Gasteiger partial charge >= 0.3 is 0 Å². The van der Waals surface area contributed by atoms with Crippen molar-refractivity contribution in [2.45, 2.75) is 4.29 Å². The first kappa shape index (κ1) is 14.1. The minimum atomic E-state index is -0.459. The highest BCUT2D eigenvalue weighted by Gasteiger charge is 2.25. The Balaban J connectivity index is 3.02. The number of hydrogen-bond acceptors (Lipinski definition) is 1. The minimum absolute atomic E-state index is 0.411. The maximum Gasteiger partial charge on any atom is 0.176 e. The molecule has 1 rings (SSSR count). The van der Waals surface area contributed by atoms with Gasteiger partial charge < -0.3 is 0 Å². The Morgan fingerprint density at radius 3 is 1.71 bits per heavy atom. The number of halogens is 6. The molecule has 0 radical (unpaired) electrons. The molecule has 0 aliphatic heterocycles. The molecule has 14 heavy (non-hydrogen) atoms. The van der Waals surface area contributed by atoms with Crippen LogP contribution < -0.4 is 0 Å². The molecule has 0 atom stereocenters. The van der Waals surface area contributed by atoms with E-state index in [1.165, 1.54) is 0 Å². The Morgan fingerprint density at radius 2 is 1.43 bits per heavy atom. The molecule has 0 aliphatic carbocycles. The molecule has 0 aromatic carbocycles. The largest absolute Gasteiger partial charge is 0.258 e. The third-order valence-electron chi connectivity index (χ3n) is 1.38. The number of aromatic nitrogens is 1. The average molecular weight is 581 g/mol. The highest BCUT2D eigenvalue weighted by atomic mass is 80.0. The van der Waals surface area contributed by atoms with Gasteiger partial charge in [0.1, 0.15) is 0 Å². The summed E-state index contributed by atoms with van der Waals surface area (Å²) in [6, 6.07) is 3.87. The zero-order valence-corrected chi connectivity index (χ0v) is 16.0. The van der Waals surface area contributed by atoms with Crippen molar-refractivity contribution in [1.29, 1.82) is 0 Å². The van der Waals surface area contributed by atoms with Crippen molar-refractivity contribution in [3.63, 3.8) is 0 Å². The third kappa shape index (κ3) is 4.13. The Kier molecular flexibility index (Phi) is 5.16. The van der Waals surface area contributed by atoms with Crippen LogP contribution in [0.5, 0.6) is 0 Å². The van der Waals surface area contributed by atoms with E-state index in [4.69, 9.17) is 0 Å². The van der Waals surface area contributed by atoms with Gasteiger partial charge in [-0.2, -0.15) is 0 Å². The number of pyridine rings is 1. The van der Waals surface area contributed by atoms with Crippen LogP contribution in [0.1, 0.15) is 11.3 Å². The topological polar surface area (TPSA) is 12.9 Å². The quantitative estimate of drug-likeness (QED) is 0.361. The summed E-state index contributed by atoms with van der Waals surface area (Å²) in [5, 5.41) is 0. The maximum absolute atomic E-state index is 4.29. The lowest BCUT2D eigenvalue weighted by atomic mass is 10.3. The molecule has 1 nitrogen and oxygen atoms in total. The van der Waals surface area contributed by atoms with Crippen molar-refractivity contribution >= 4 is 95.6 Å². The van der Waals surface area contributed by atoms with Crippen LogP contribution >= 0.6 is 95.6 Å². The molecule has 0 unspecified atom stereocenters. The van der Waals surface area contributed by atoms with Gasteiger partial charge in [0.05, 0.1) is 5.69 Å². The number of rotatable bonds is 0. The fourth-order valence-electron chi connectivity index (χ4n) is 0.729. The molecule has 1 aromatic rings. The first-order chi connectivity index (χ1) is 6.21. The Bertz CT molecular complexity index is 275. The summed E-state index contributed by atoms with van der Waals surface area (Å²) < 4.78 is -0.870. The standard InChI is InChI=1S/C7H3Br6N/c8-6(9,10)4-1-2-5(14-3-4)7(11,12)13/h1-3H. The molecule has 0 saturated carbocycles. The first-order valence-corrected chi connectivity index (χ1v) is 8.07. The summed E-state index contributed by atoms with van der Waals surface area (Å²) in [4.78, 5) is 4.29. The van der Waals surface area contributed by atoms with Gasteiger partial charge in [0.2, 0.25) is 0 Å². The minimum Gasteiger partial charge on any atom is -0.258 e. The van der Waals surface area contributed by atoms with Gasteiger partial charge in [-0.25, -0.2) is 0 Å². The third-order valence-corrected chi connectivity index (χ3v) is 3.97. The number of alkyl halides is 6. The molecule has 1 heterocycles.